The average molecular weight is 252 g/mol. The zero-order chi connectivity index (χ0) is 13.2. The zero-order valence-corrected chi connectivity index (χ0v) is 12.8. The third-order valence-corrected chi connectivity index (χ3v) is 5.19. The fraction of sp³-hybridized carbons (Fsp3) is 1.00. The number of nitrogens with zero attached hydrogens (tertiary/aromatic N) is 1. The van der Waals surface area contributed by atoms with Gasteiger partial charge in [-0.15, -0.1) is 0 Å². The van der Waals surface area contributed by atoms with Crippen LogP contribution in [0.3, 0.4) is 0 Å². The summed E-state index contributed by atoms with van der Waals surface area (Å²) in [4.78, 5) is 2.76. The molecule has 0 aromatic heterocycles. The Morgan fingerprint density at radius 3 is 2.56 bits per heavy atom. The maximum atomic E-state index is 3.47. The van der Waals surface area contributed by atoms with Crippen LogP contribution in [-0.4, -0.2) is 37.6 Å². The van der Waals surface area contributed by atoms with E-state index >= 15 is 0 Å². The molecule has 0 spiro atoms. The second-order valence-electron chi connectivity index (χ2n) is 7.35. The van der Waals surface area contributed by atoms with Gasteiger partial charge in [0.05, 0.1) is 0 Å². The molecule has 2 nitrogen and oxygen atoms in total. The third kappa shape index (κ3) is 3.27. The van der Waals surface area contributed by atoms with Gasteiger partial charge in [-0.3, -0.25) is 4.90 Å². The molecule has 4 unspecified atom stereocenters. The monoisotopic (exact) mass is 252 g/mol. The summed E-state index contributed by atoms with van der Waals surface area (Å²) < 4.78 is 0. The van der Waals surface area contributed by atoms with Crippen LogP contribution in [0.2, 0.25) is 0 Å². The number of likely N-dealkylation sites (tertiary alicyclic amines) is 1. The second-order valence-corrected chi connectivity index (χ2v) is 7.35. The van der Waals surface area contributed by atoms with Gasteiger partial charge in [-0.05, 0) is 50.5 Å². The summed E-state index contributed by atoms with van der Waals surface area (Å²) in [5.41, 5.74) is 0.546. The molecule has 4 atom stereocenters. The maximum absolute atomic E-state index is 3.47. The Kier molecular flexibility index (Phi) is 4.71. The molecule has 0 bridgehead atoms. The SMILES string of the molecule is CNCC1(CN2CC(C)CC2C)CCCC(C)C1. The van der Waals surface area contributed by atoms with E-state index in [0.29, 0.717) is 5.41 Å². The Labute approximate surface area is 114 Å². The summed E-state index contributed by atoms with van der Waals surface area (Å²) >= 11 is 0. The molecule has 18 heavy (non-hydrogen) atoms. The van der Waals surface area contributed by atoms with Gasteiger partial charge < -0.3 is 5.32 Å². The molecule has 1 saturated heterocycles. The molecule has 1 aliphatic heterocycles. The highest BCUT2D eigenvalue weighted by Gasteiger charge is 2.38. The quantitative estimate of drug-likeness (QED) is 0.827. The van der Waals surface area contributed by atoms with E-state index in [1.165, 1.54) is 51.7 Å². The smallest absolute Gasteiger partial charge is 0.00702 e. The third-order valence-electron chi connectivity index (χ3n) is 5.19. The van der Waals surface area contributed by atoms with Crippen LogP contribution >= 0.6 is 0 Å². The molecule has 0 radical (unpaired) electrons. The molecule has 0 aromatic rings. The van der Waals surface area contributed by atoms with E-state index in [-0.39, 0.29) is 0 Å². The van der Waals surface area contributed by atoms with Crippen molar-refractivity contribution < 1.29 is 0 Å². The minimum atomic E-state index is 0.546. The first-order valence-electron chi connectivity index (χ1n) is 7.93. The van der Waals surface area contributed by atoms with E-state index in [4.69, 9.17) is 0 Å². The first-order chi connectivity index (χ1) is 8.54. The van der Waals surface area contributed by atoms with Crippen LogP contribution in [0.4, 0.5) is 0 Å². The van der Waals surface area contributed by atoms with Gasteiger partial charge in [0.25, 0.3) is 0 Å². The zero-order valence-electron chi connectivity index (χ0n) is 12.8. The van der Waals surface area contributed by atoms with Crippen LogP contribution in [0, 0.1) is 17.3 Å². The molecule has 2 heteroatoms. The summed E-state index contributed by atoms with van der Waals surface area (Å²) in [5.74, 6) is 1.81. The number of hydrogen-bond acceptors (Lipinski definition) is 2. The largest absolute Gasteiger partial charge is 0.319 e. The van der Waals surface area contributed by atoms with Gasteiger partial charge in [0.15, 0.2) is 0 Å². The Bertz CT molecular complexity index is 262. The van der Waals surface area contributed by atoms with E-state index < -0.39 is 0 Å². The Balaban J connectivity index is 2.01. The Hall–Kier alpha value is -0.0800. The van der Waals surface area contributed by atoms with Crippen molar-refractivity contribution in [1.29, 1.82) is 0 Å². The molecule has 1 aliphatic carbocycles. The molecule has 0 amide bonds. The number of hydrogen-bond donors (Lipinski definition) is 1. The fourth-order valence-electron chi connectivity index (χ4n) is 4.54. The van der Waals surface area contributed by atoms with E-state index in [0.717, 1.165) is 17.9 Å². The molecular weight excluding hydrogens is 220 g/mol. The summed E-state index contributed by atoms with van der Waals surface area (Å²) in [5, 5.41) is 3.47. The van der Waals surface area contributed by atoms with Crippen molar-refractivity contribution in [2.45, 2.75) is 58.9 Å². The minimum Gasteiger partial charge on any atom is -0.319 e. The molecule has 2 aliphatic rings. The van der Waals surface area contributed by atoms with Gasteiger partial charge in [0, 0.05) is 25.7 Å². The number of nitrogens with one attached hydrogen (secondary N) is 1. The van der Waals surface area contributed by atoms with Crippen LogP contribution in [0.5, 0.6) is 0 Å². The lowest BCUT2D eigenvalue weighted by atomic mass is 9.69. The number of rotatable bonds is 4. The standard InChI is InChI=1S/C16H32N2/c1-13-6-5-7-16(9-13,11-17-4)12-18-10-14(2)8-15(18)3/h13-15,17H,5-12H2,1-4H3. The van der Waals surface area contributed by atoms with E-state index in [1.54, 1.807) is 0 Å². The molecule has 1 N–H and O–H groups in total. The van der Waals surface area contributed by atoms with Gasteiger partial charge in [0.2, 0.25) is 0 Å². The highest BCUT2D eigenvalue weighted by molar-refractivity contribution is 4.92. The lowest BCUT2D eigenvalue weighted by Gasteiger charge is -2.43. The maximum Gasteiger partial charge on any atom is 0.00702 e. The summed E-state index contributed by atoms with van der Waals surface area (Å²) in [6, 6.07) is 0.797. The molecule has 1 heterocycles. The minimum absolute atomic E-state index is 0.546. The Morgan fingerprint density at radius 2 is 2.00 bits per heavy atom. The molecule has 2 fully saturated rings. The molecule has 0 aromatic carbocycles. The van der Waals surface area contributed by atoms with Gasteiger partial charge >= 0.3 is 0 Å². The summed E-state index contributed by atoms with van der Waals surface area (Å²) in [6.45, 7) is 11.1. The van der Waals surface area contributed by atoms with Gasteiger partial charge in [-0.2, -0.15) is 0 Å². The van der Waals surface area contributed by atoms with Crippen molar-refractivity contribution in [2.24, 2.45) is 17.3 Å². The van der Waals surface area contributed by atoms with E-state index in [2.05, 4.69) is 38.0 Å². The van der Waals surface area contributed by atoms with Gasteiger partial charge in [0.1, 0.15) is 0 Å². The van der Waals surface area contributed by atoms with E-state index in [9.17, 15) is 0 Å². The highest BCUT2D eigenvalue weighted by atomic mass is 15.2. The van der Waals surface area contributed by atoms with Crippen LogP contribution in [-0.2, 0) is 0 Å². The van der Waals surface area contributed by atoms with Crippen LogP contribution in [0.1, 0.15) is 52.9 Å². The second kappa shape index (κ2) is 5.92. The first kappa shape index (κ1) is 14.3. The summed E-state index contributed by atoms with van der Waals surface area (Å²) in [7, 11) is 2.12. The topological polar surface area (TPSA) is 15.3 Å². The van der Waals surface area contributed by atoms with Crippen LogP contribution in [0.15, 0.2) is 0 Å². The summed E-state index contributed by atoms with van der Waals surface area (Å²) in [6.07, 6.45) is 7.12. The van der Waals surface area contributed by atoms with Crippen molar-refractivity contribution in [3.8, 4) is 0 Å². The molecule has 2 rings (SSSR count). The van der Waals surface area contributed by atoms with Crippen LogP contribution in [0.25, 0.3) is 0 Å². The predicted molar refractivity (Wildman–Crippen MR) is 78.8 cm³/mol. The van der Waals surface area contributed by atoms with Gasteiger partial charge in [-0.1, -0.05) is 26.7 Å². The predicted octanol–water partition coefficient (Wildman–Crippen LogP) is 3.13. The van der Waals surface area contributed by atoms with Crippen molar-refractivity contribution in [3.05, 3.63) is 0 Å². The average Bonchev–Trinajstić information content (AvgIpc) is 2.57. The first-order valence-corrected chi connectivity index (χ1v) is 7.93. The van der Waals surface area contributed by atoms with Crippen molar-refractivity contribution in [2.75, 3.05) is 26.7 Å². The lowest BCUT2D eigenvalue weighted by molar-refractivity contribution is 0.0778. The lowest BCUT2D eigenvalue weighted by Crippen LogP contribution is -2.47. The van der Waals surface area contributed by atoms with E-state index in [1.807, 2.05) is 0 Å². The van der Waals surface area contributed by atoms with Crippen LogP contribution < -0.4 is 5.32 Å². The normalized spacial score (nSPS) is 42.3. The molecular formula is C16H32N2. The molecule has 106 valence electrons. The van der Waals surface area contributed by atoms with Crippen molar-refractivity contribution in [1.82, 2.24) is 10.2 Å². The Morgan fingerprint density at radius 1 is 1.22 bits per heavy atom. The van der Waals surface area contributed by atoms with Crippen molar-refractivity contribution in [3.63, 3.8) is 0 Å². The van der Waals surface area contributed by atoms with Gasteiger partial charge in [-0.25, -0.2) is 0 Å². The fourth-order valence-corrected chi connectivity index (χ4v) is 4.54. The molecule has 1 saturated carbocycles. The van der Waals surface area contributed by atoms with Crippen molar-refractivity contribution >= 4 is 0 Å². The highest BCUT2D eigenvalue weighted by Crippen LogP contribution is 2.41.